The molecule has 0 N–H and O–H groups in total. The molecule has 0 spiro atoms. The minimum atomic E-state index is -0.639. The number of nitrogens with zero attached hydrogens (tertiary/aromatic N) is 3. The number of aromatic nitrogens is 3. The number of carbonyl (C=O) groups excluding carboxylic acids is 1. The number of hydrogen-bond donors (Lipinski definition) is 0. The summed E-state index contributed by atoms with van der Waals surface area (Å²) in [5.74, 6) is -0.477. The second-order valence-corrected chi connectivity index (χ2v) is 8.58. The van der Waals surface area contributed by atoms with E-state index < -0.39 is 23.3 Å². The molecule has 0 fully saturated rings. The number of hydrogen-bond acceptors (Lipinski definition) is 6. The van der Waals surface area contributed by atoms with Gasteiger partial charge in [0.15, 0.2) is 0 Å². The Hall–Kier alpha value is -3.26. The molecule has 7 nitrogen and oxygen atoms in total. The number of para-hydroxylation sites is 1. The summed E-state index contributed by atoms with van der Waals surface area (Å²) in [6.07, 6.45) is -0.0675. The van der Waals surface area contributed by atoms with Crippen LogP contribution in [0.5, 0.6) is 0 Å². The van der Waals surface area contributed by atoms with Gasteiger partial charge in [-0.2, -0.15) is 4.37 Å². The van der Waals surface area contributed by atoms with E-state index in [0.29, 0.717) is 10.9 Å². The van der Waals surface area contributed by atoms with Crippen molar-refractivity contribution in [2.75, 3.05) is 7.11 Å². The van der Waals surface area contributed by atoms with Gasteiger partial charge in [0.1, 0.15) is 0 Å². The summed E-state index contributed by atoms with van der Waals surface area (Å²) in [4.78, 5) is 38.3. The summed E-state index contributed by atoms with van der Waals surface area (Å²) < 4.78 is 13.1. The monoisotopic (exact) mass is 437 g/mol. The maximum Gasteiger partial charge on any atom is 0.332 e. The Morgan fingerprint density at radius 1 is 1.19 bits per heavy atom. The maximum atomic E-state index is 13.5. The number of rotatable bonds is 5. The van der Waals surface area contributed by atoms with Gasteiger partial charge in [-0.25, -0.2) is 4.79 Å². The zero-order chi connectivity index (χ0) is 22.3. The quantitative estimate of drug-likeness (QED) is 0.446. The first-order valence-corrected chi connectivity index (χ1v) is 10.8. The van der Waals surface area contributed by atoms with Gasteiger partial charge in [-0.1, -0.05) is 18.2 Å². The molecule has 0 aliphatic rings. The van der Waals surface area contributed by atoms with Crippen LogP contribution in [-0.2, 0) is 16.1 Å². The molecule has 0 aliphatic carbocycles. The molecule has 160 valence electrons. The van der Waals surface area contributed by atoms with Gasteiger partial charge < -0.3 is 4.74 Å². The fourth-order valence-electron chi connectivity index (χ4n) is 4.07. The first kappa shape index (κ1) is 21.0. The summed E-state index contributed by atoms with van der Waals surface area (Å²) in [5.41, 5.74) is 2.71. The van der Waals surface area contributed by atoms with Crippen molar-refractivity contribution in [3.63, 3.8) is 0 Å². The van der Waals surface area contributed by atoms with Crippen LogP contribution in [0, 0.1) is 13.8 Å². The second-order valence-electron chi connectivity index (χ2n) is 7.77. The third-order valence-corrected chi connectivity index (χ3v) is 6.34. The molecule has 1 atom stereocenters. The van der Waals surface area contributed by atoms with Crippen molar-refractivity contribution in [1.82, 2.24) is 13.5 Å². The molecule has 4 rings (SSSR count). The number of benzene rings is 2. The van der Waals surface area contributed by atoms with E-state index >= 15 is 0 Å². The predicted molar refractivity (Wildman–Crippen MR) is 122 cm³/mol. The molecular weight excluding hydrogens is 414 g/mol. The molecule has 0 amide bonds. The van der Waals surface area contributed by atoms with Gasteiger partial charge >= 0.3 is 11.7 Å². The second kappa shape index (κ2) is 8.11. The van der Waals surface area contributed by atoms with Gasteiger partial charge in [0.05, 0.1) is 41.4 Å². The average Bonchev–Trinajstić information content (AvgIpc) is 3.13. The van der Waals surface area contributed by atoms with E-state index in [-0.39, 0.29) is 13.0 Å². The predicted octanol–water partition coefficient (Wildman–Crippen LogP) is 3.56. The first-order valence-electron chi connectivity index (χ1n) is 9.98. The molecular formula is C23H23N3O4S. The van der Waals surface area contributed by atoms with E-state index in [2.05, 4.69) is 16.5 Å². The van der Waals surface area contributed by atoms with Gasteiger partial charge in [-0.15, -0.1) is 0 Å². The molecule has 0 bridgehead atoms. The van der Waals surface area contributed by atoms with Gasteiger partial charge in [0, 0.05) is 11.4 Å². The highest BCUT2D eigenvalue weighted by Crippen LogP contribution is 2.28. The molecule has 8 heteroatoms. The van der Waals surface area contributed by atoms with Gasteiger partial charge in [-0.3, -0.25) is 18.7 Å². The SMILES string of the molecule is COC(=O)C[C@@H](C)n1c(=O)c2ccccc2n(Cc2nsc3cc(C)cc(C)c23)c1=O. The van der Waals surface area contributed by atoms with Crippen LogP contribution in [0.15, 0.2) is 46.0 Å². The Kier molecular flexibility index (Phi) is 5.49. The van der Waals surface area contributed by atoms with E-state index in [0.717, 1.165) is 31.5 Å². The van der Waals surface area contributed by atoms with E-state index in [1.807, 2.05) is 13.8 Å². The largest absolute Gasteiger partial charge is 0.469 e. The summed E-state index contributed by atoms with van der Waals surface area (Å²) >= 11 is 1.40. The first-order chi connectivity index (χ1) is 14.8. The Morgan fingerprint density at radius 3 is 2.68 bits per heavy atom. The highest BCUT2D eigenvalue weighted by atomic mass is 32.1. The normalized spacial score (nSPS) is 12.4. The molecule has 31 heavy (non-hydrogen) atoms. The summed E-state index contributed by atoms with van der Waals surface area (Å²) in [7, 11) is 1.29. The van der Waals surface area contributed by atoms with Crippen molar-refractivity contribution in [3.05, 3.63) is 74.1 Å². The average molecular weight is 438 g/mol. The van der Waals surface area contributed by atoms with Crippen LogP contribution in [0.1, 0.15) is 36.2 Å². The molecule has 0 radical (unpaired) electrons. The van der Waals surface area contributed by atoms with Crippen molar-refractivity contribution >= 4 is 38.5 Å². The van der Waals surface area contributed by atoms with Crippen LogP contribution in [-0.4, -0.2) is 26.6 Å². The zero-order valence-electron chi connectivity index (χ0n) is 17.8. The molecule has 4 aromatic rings. The van der Waals surface area contributed by atoms with Crippen LogP contribution >= 0.6 is 11.5 Å². The topological polar surface area (TPSA) is 83.2 Å². The van der Waals surface area contributed by atoms with Crippen LogP contribution < -0.4 is 11.2 Å². The molecule has 0 aliphatic heterocycles. The van der Waals surface area contributed by atoms with E-state index in [1.165, 1.54) is 18.6 Å². The lowest BCUT2D eigenvalue weighted by Gasteiger charge is -2.18. The van der Waals surface area contributed by atoms with Crippen LogP contribution in [0.4, 0.5) is 0 Å². The molecule has 0 saturated carbocycles. The number of methoxy groups -OCH3 is 1. The third kappa shape index (κ3) is 3.67. The Bertz CT molecular complexity index is 1430. The zero-order valence-corrected chi connectivity index (χ0v) is 18.7. The van der Waals surface area contributed by atoms with Crippen molar-refractivity contribution in [2.24, 2.45) is 0 Å². The fraction of sp³-hybridized carbons (Fsp3) is 0.304. The lowest BCUT2D eigenvalue weighted by molar-refractivity contribution is -0.141. The molecule has 0 saturated heterocycles. The Balaban J connectivity index is 1.93. The van der Waals surface area contributed by atoms with Gasteiger partial charge in [0.2, 0.25) is 0 Å². The fourth-order valence-corrected chi connectivity index (χ4v) is 5.04. The molecule has 2 aromatic carbocycles. The van der Waals surface area contributed by atoms with E-state index in [1.54, 1.807) is 35.8 Å². The summed E-state index contributed by atoms with van der Waals surface area (Å²) in [5, 5.41) is 1.46. The number of fused-ring (bicyclic) bond motifs is 2. The van der Waals surface area contributed by atoms with Crippen molar-refractivity contribution in [2.45, 2.75) is 39.8 Å². The molecule has 0 unspecified atom stereocenters. The van der Waals surface area contributed by atoms with Gasteiger partial charge in [-0.05, 0) is 61.6 Å². The maximum absolute atomic E-state index is 13.5. The Labute approximate surface area is 182 Å². The summed E-state index contributed by atoms with van der Waals surface area (Å²) in [6, 6.07) is 10.6. The standard InChI is InChI=1S/C23H23N3O4S/c1-13-9-14(2)21-17(24-31-19(21)10-13)12-25-18-8-6-5-7-16(18)22(28)26(23(25)29)15(3)11-20(27)30-4/h5-10,15H,11-12H2,1-4H3/t15-/m1/s1. The number of aryl methyl sites for hydroxylation is 2. The number of ether oxygens (including phenoxy) is 1. The Morgan fingerprint density at radius 2 is 1.94 bits per heavy atom. The minimum absolute atomic E-state index is 0.0675. The highest BCUT2D eigenvalue weighted by Gasteiger charge is 2.21. The van der Waals surface area contributed by atoms with Crippen molar-refractivity contribution < 1.29 is 9.53 Å². The summed E-state index contributed by atoms with van der Waals surface area (Å²) in [6.45, 7) is 5.98. The van der Waals surface area contributed by atoms with Crippen molar-refractivity contribution in [3.8, 4) is 0 Å². The van der Waals surface area contributed by atoms with Gasteiger partial charge in [0.25, 0.3) is 5.56 Å². The lowest BCUT2D eigenvalue weighted by atomic mass is 10.1. The van der Waals surface area contributed by atoms with Crippen LogP contribution in [0.2, 0.25) is 0 Å². The van der Waals surface area contributed by atoms with Crippen LogP contribution in [0.25, 0.3) is 21.0 Å². The van der Waals surface area contributed by atoms with E-state index in [4.69, 9.17) is 4.74 Å². The number of esters is 1. The molecule has 2 aromatic heterocycles. The number of carbonyl (C=O) groups is 1. The minimum Gasteiger partial charge on any atom is -0.469 e. The smallest absolute Gasteiger partial charge is 0.332 e. The van der Waals surface area contributed by atoms with Crippen LogP contribution in [0.3, 0.4) is 0 Å². The highest BCUT2D eigenvalue weighted by molar-refractivity contribution is 7.13. The molecule has 2 heterocycles. The van der Waals surface area contributed by atoms with E-state index in [9.17, 15) is 14.4 Å². The third-order valence-electron chi connectivity index (χ3n) is 5.51. The lowest BCUT2D eigenvalue weighted by Crippen LogP contribution is -2.42. The van der Waals surface area contributed by atoms with Crippen molar-refractivity contribution in [1.29, 1.82) is 0 Å².